The van der Waals surface area contributed by atoms with Gasteiger partial charge in [0.05, 0.1) is 12.5 Å². The quantitative estimate of drug-likeness (QED) is 0.491. The van der Waals surface area contributed by atoms with Gasteiger partial charge in [-0.2, -0.15) is 0 Å². The first-order chi connectivity index (χ1) is 8.65. The highest BCUT2D eigenvalue weighted by Crippen LogP contribution is 2.20. The molecule has 1 rings (SSSR count). The van der Waals surface area contributed by atoms with Crippen LogP contribution in [-0.4, -0.2) is 18.4 Å². The van der Waals surface area contributed by atoms with E-state index in [1.54, 1.807) is 0 Å². The Hall–Kier alpha value is -1.12. The molecular formula is C15H24O3. The molecule has 1 aliphatic carbocycles. The van der Waals surface area contributed by atoms with Crippen molar-refractivity contribution in [1.29, 1.82) is 0 Å². The van der Waals surface area contributed by atoms with Crippen molar-refractivity contribution in [3.63, 3.8) is 0 Å². The molecular weight excluding hydrogens is 228 g/mol. The van der Waals surface area contributed by atoms with E-state index >= 15 is 0 Å². The molecule has 0 fully saturated rings. The van der Waals surface area contributed by atoms with Crippen molar-refractivity contribution in [3.05, 3.63) is 11.6 Å². The van der Waals surface area contributed by atoms with Gasteiger partial charge in [0.15, 0.2) is 5.78 Å². The topological polar surface area (TPSA) is 43.4 Å². The van der Waals surface area contributed by atoms with Crippen molar-refractivity contribution >= 4 is 11.8 Å². The van der Waals surface area contributed by atoms with Crippen LogP contribution in [0.3, 0.4) is 0 Å². The van der Waals surface area contributed by atoms with Crippen LogP contribution in [0.1, 0.15) is 58.8 Å². The van der Waals surface area contributed by atoms with Crippen molar-refractivity contribution < 1.29 is 14.3 Å². The number of allylic oxidation sites excluding steroid dienone is 2. The van der Waals surface area contributed by atoms with Crippen LogP contribution in [0.4, 0.5) is 0 Å². The minimum Gasteiger partial charge on any atom is -0.466 e. The summed E-state index contributed by atoms with van der Waals surface area (Å²) >= 11 is 0. The average Bonchev–Trinajstić information content (AvgIpc) is 2.74. The predicted octanol–water partition coefficient (Wildman–Crippen LogP) is 3.43. The fraction of sp³-hybridized carbons (Fsp3) is 0.733. The van der Waals surface area contributed by atoms with Gasteiger partial charge in [-0.1, -0.05) is 25.8 Å². The molecule has 1 atom stereocenters. The second-order valence-electron chi connectivity index (χ2n) is 4.94. The first-order valence-corrected chi connectivity index (χ1v) is 7.04. The summed E-state index contributed by atoms with van der Waals surface area (Å²) in [5.41, 5.74) is 1.02. The summed E-state index contributed by atoms with van der Waals surface area (Å²) in [7, 11) is 0. The number of ketones is 1. The van der Waals surface area contributed by atoms with E-state index in [1.807, 2.05) is 13.8 Å². The van der Waals surface area contributed by atoms with E-state index in [9.17, 15) is 9.59 Å². The average molecular weight is 252 g/mol. The van der Waals surface area contributed by atoms with Crippen LogP contribution >= 0.6 is 0 Å². The van der Waals surface area contributed by atoms with Gasteiger partial charge in [0.1, 0.15) is 0 Å². The monoisotopic (exact) mass is 252 g/mol. The molecule has 0 spiro atoms. The maximum Gasteiger partial charge on any atom is 0.308 e. The Kier molecular flexibility index (Phi) is 6.69. The summed E-state index contributed by atoms with van der Waals surface area (Å²) in [6, 6.07) is 0. The summed E-state index contributed by atoms with van der Waals surface area (Å²) in [6.45, 7) is 4.21. The Morgan fingerprint density at radius 2 is 2.17 bits per heavy atom. The van der Waals surface area contributed by atoms with Gasteiger partial charge in [-0.05, 0) is 38.2 Å². The summed E-state index contributed by atoms with van der Waals surface area (Å²) in [5, 5.41) is 0. The molecule has 0 aromatic heterocycles. The molecule has 1 unspecified atom stereocenters. The van der Waals surface area contributed by atoms with E-state index in [-0.39, 0.29) is 11.9 Å². The molecule has 0 amide bonds. The standard InChI is InChI=1S/C15H24O3/c1-3-18-15(17)12(2)8-5-4-6-9-13-10-7-11-14(13)16/h10,12H,3-9,11H2,1-2H3. The van der Waals surface area contributed by atoms with E-state index in [2.05, 4.69) is 6.08 Å². The number of unbranched alkanes of at least 4 members (excludes halogenated alkanes) is 2. The molecule has 18 heavy (non-hydrogen) atoms. The first kappa shape index (κ1) is 14.9. The number of carbonyl (C=O) groups excluding carboxylic acids is 2. The van der Waals surface area contributed by atoms with Gasteiger partial charge in [0.2, 0.25) is 0 Å². The summed E-state index contributed by atoms with van der Waals surface area (Å²) < 4.78 is 4.96. The highest BCUT2D eigenvalue weighted by Gasteiger charge is 2.15. The van der Waals surface area contributed by atoms with Crippen molar-refractivity contribution in [2.24, 2.45) is 5.92 Å². The smallest absolute Gasteiger partial charge is 0.308 e. The number of hydrogen-bond donors (Lipinski definition) is 0. The van der Waals surface area contributed by atoms with E-state index in [0.29, 0.717) is 18.8 Å². The molecule has 0 heterocycles. The molecule has 0 saturated heterocycles. The van der Waals surface area contributed by atoms with Gasteiger partial charge in [0.25, 0.3) is 0 Å². The number of esters is 1. The third-order valence-electron chi connectivity index (χ3n) is 3.39. The zero-order valence-electron chi connectivity index (χ0n) is 11.5. The normalized spacial score (nSPS) is 16.6. The molecule has 0 aromatic rings. The predicted molar refractivity (Wildman–Crippen MR) is 71.2 cm³/mol. The Morgan fingerprint density at radius 1 is 1.39 bits per heavy atom. The minimum atomic E-state index is -0.0915. The van der Waals surface area contributed by atoms with Crippen molar-refractivity contribution in [1.82, 2.24) is 0 Å². The Labute approximate surface area is 110 Å². The number of Topliss-reactive ketones (excluding diaryl/α,β-unsaturated/α-hetero) is 1. The Morgan fingerprint density at radius 3 is 2.78 bits per heavy atom. The fourth-order valence-corrected chi connectivity index (χ4v) is 2.24. The highest BCUT2D eigenvalue weighted by molar-refractivity contribution is 5.97. The molecule has 0 aliphatic heterocycles. The van der Waals surface area contributed by atoms with E-state index in [1.165, 1.54) is 0 Å². The van der Waals surface area contributed by atoms with Crippen LogP contribution in [0.15, 0.2) is 11.6 Å². The van der Waals surface area contributed by atoms with Crippen LogP contribution in [0.5, 0.6) is 0 Å². The maximum absolute atomic E-state index is 11.4. The van der Waals surface area contributed by atoms with E-state index in [4.69, 9.17) is 4.74 Å². The van der Waals surface area contributed by atoms with Crippen LogP contribution in [0, 0.1) is 5.92 Å². The SMILES string of the molecule is CCOC(=O)C(C)CCCCCC1=CCCC1=O. The molecule has 0 saturated carbocycles. The molecule has 0 radical (unpaired) electrons. The number of hydrogen-bond acceptors (Lipinski definition) is 3. The van der Waals surface area contributed by atoms with Gasteiger partial charge in [-0.25, -0.2) is 0 Å². The molecule has 3 heteroatoms. The summed E-state index contributed by atoms with van der Waals surface area (Å²) in [4.78, 5) is 22.8. The number of rotatable bonds is 8. The molecule has 0 aromatic carbocycles. The van der Waals surface area contributed by atoms with Crippen molar-refractivity contribution in [2.75, 3.05) is 6.61 Å². The summed E-state index contributed by atoms with van der Waals surface area (Å²) in [5.74, 6) is 0.235. The lowest BCUT2D eigenvalue weighted by molar-refractivity contribution is -0.147. The lowest BCUT2D eigenvalue weighted by atomic mass is 10.0. The van der Waals surface area contributed by atoms with Crippen molar-refractivity contribution in [2.45, 2.75) is 58.8 Å². The van der Waals surface area contributed by atoms with E-state index < -0.39 is 0 Å². The molecule has 0 N–H and O–H groups in total. The second-order valence-corrected chi connectivity index (χ2v) is 4.94. The maximum atomic E-state index is 11.4. The highest BCUT2D eigenvalue weighted by atomic mass is 16.5. The molecule has 102 valence electrons. The Bertz CT molecular complexity index is 318. The summed E-state index contributed by atoms with van der Waals surface area (Å²) in [6.07, 6.45) is 8.65. The van der Waals surface area contributed by atoms with Crippen LogP contribution < -0.4 is 0 Å². The zero-order valence-corrected chi connectivity index (χ0v) is 11.5. The zero-order chi connectivity index (χ0) is 13.4. The molecule has 0 bridgehead atoms. The third-order valence-corrected chi connectivity index (χ3v) is 3.39. The first-order valence-electron chi connectivity index (χ1n) is 7.04. The van der Waals surface area contributed by atoms with Crippen LogP contribution in [-0.2, 0) is 14.3 Å². The van der Waals surface area contributed by atoms with Gasteiger partial charge >= 0.3 is 5.97 Å². The van der Waals surface area contributed by atoms with Crippen LogP contribution in [0.25, 0.3) is 0 Å². The van der Waals surface area contributed by atoms with Crippen molar-refractivity contribution in [3.8, 4) is 0 Å². The van der Waals surface area contributed by atoms with E-state index in [0.717, 1.165) is 44.1 Å². The lowest BCUT2D eigenvalue weighted by Crippen LogP contribution is -2.14. The number of ether oxygens (including phenoxy) is 1. The van der Waals surface area contributed by atoms with Gasteiger partial charge in [-0.15, -0.1) is 0 Å². The number of carbonyl (C=O) groups is 2. The van der Waals surface area contributed by atoms with Gasteiger partial charge in [0, 0.05) is 6.42 Å². The van der Waals surface area contributed by atoms with Crippen LogP contribution in [0.2, 0.25) is 0 Å². The largest absolute Gasteiger partial charge is 0.466 e. The van der Waals surface area contributed by atoms with Gasteiger partial charge in [-0.3, -0.25) is 9.59 Å². The van der Waals surface area contributed by atoms with Gasteiger partial charge < -0.3 is 4.74 Å². The molecule has 3 nitrogen and oxygen atoms in total. The fourth-order valence-electron chi connectivity index (χ4n) is 2.24. The molecule has 1 aliphatic rings. The third kappa shape index (κ3) is 5.03. The minimum absolute atomic E-state index is 0.00252. The Balaban J connectivity index is 2.05. The lowest BCUT2D eigenvalue weighted by Gasteiger charge is -2.09. The second kappa shape index (κ2) is 8.06.